The molecule has 1 aliphatic heterocycles. The summed E-state index contributed by atoms with van der Waals surface area (Å²) in [7, 11) is 0. The minimum Gasteiger partial charge on any atom is -0.468 e. The maximum absolute atomic E-state index is 13.2. The molecule has 3 aromatic rings. The monoisotopic (exact) mass is 347 g/mol. The molecule has 0 saturated carbocycles. The van der Waals surface area contributed by atoms with E-state index in [1.165, 1.54) is 4.68 Å². The third kappa shape index (κ3) is 2.12. The third-order valence-electron chi connectivity index (χ3n) is 5.08. The van der Waals surface area contributed by atoms with Crippen molar-refractivity contribution in [1.29, 1.82) is 0 Å². The number of H-pyrrole nitrogens is 1. The number of fused-ring (bicyclic) bond motifs is 1. The predicted octanol–water partition coefficient (Wildman–Crippen LogP) is 3.32. The molecule has 0 bridgehead atoms. The molecule has 0 spiro atoms. The molecule has 6 nitrogen and oxygen atoms in total. The minimum absolute atomic E-state index is 0.0812. The second kappa shape index (κ2) is 5.62. The molecule has 2 N–H and O–H groups in total. The van der Waals surface area contributed by atoms with E-state index in [4.69, 9.17) is 4.42 Å². The van der Waals surface area contributed by atoms with Crippen LogP contribution in [0.5, 0.6) is 0 Å². The van der Waals surface area contributed by atoms with Gasteiger partial charge in [-0.15, -0.1) is 0 Å². The van der Waals surface area contributed by atoms with Crippen LogP contribution >= 0.6 is 0 Å². The first-order valence-electron chi connectivity index (χ1n) is 8.71. The van der Waals surface area contributed by atoms with Gasteiger partial charge in [0.25, 0.3) is 5.56 Å². The topological polar surface area (TPSA) is 80.0 Å². The number of aromatic amines is 1. The van der Waals surface area contributed by atoms with Crippen molar-refractivity contribution in [3.05, 3.63) is 81.7 Å². The molecule has 1 aromatic carbocycles. The number of nitrogens with zero attached hydrogens (tertiary/aromatic N) is 1. The summed E-state index contributed by atoms with van der Waals surface area (Å²) in [6.45, 7) is 0. The van der Waals surface area contributed by atoms with Crippen LogP contribution in [0.15, 0.2) is 69.2 Å². The van der Waals surface area contributed by atoms with E-state index in [0.29, 0.717) is 29.1 Å². The van der Waals surface area contributed by atoms with Crippen molar-refractivity contribution in [3.8, 4) is 5.69 Å². The fourth-order valence-corrected chi connectivity index (χ4v) is 3.94. The van der Waals surface area contributed by atoms with Gasteiger partial charge in [0.05, 0.1) is 23.4 Å². The van der Waals surface area contributed by atoms with Gasteiger partial charge in [-0.25, -0.2) is 4.68 Å². The lowest BCUT2D eigenvalue weighted by Crippen LogP contribution is -2.29. The van der Waals surface area contributed by atoms with E-state index in [-0.39, 0.29) is 11.3 Å². The van der Waals surface area contributed by atoms with E-state index in [9.17, 15) is 9.59 Å². The average Bonchev–Trinajstić information content (AvgIpc) is 3.30. The van der Waals surface area contributed by atoms with Crippen LogP contribution in [0.3, 0.4) is 0 Å². The van der Waals surface area contributed by atoms with Gasteiger partial charge in [0, 0.05) is 17.7 Å². The summed E-state index contributed by atoms with van der Waals surface area (Å²) in [6.07, 6.45) is 3.68. The fraction of sp³-hybridized carbons (Fsp3) is 0.200. The zero-order chi connectivity index (χ0) is 17.7. The summed E-state index contributed by atoms with van der Waals surface area (Å²) >= 11 is 0. The number of Topliss-reactive ketones (excluding diaryl/α,β-unsaturated/α-hetero) is 1. The predicted molar refractivity (Wildman–Crippen MR) is 96.4 cm³/mol. The smallest absolute Gasteiger partial charge is 0.277 e. The minimum atomic E-state index is -0.474. The largest absolute Gasteiger partial charge is 0.468 e. The first kappa shape index (κ1) is 15.0. The molecule has 26 heavy (non-hydrogen) atoms. The van der Waals surface area contributed by atoms with Gasteiger partial charge >= 0.3 is 0 Å². The van der Waals surface area contributed by atoms with Crippen molar-refractivity contribution in [2.24, 2.45) is 0 Å². The molecule has 1 aliphatic carbocycles. The second-order valence-corrected chi connectivity index (χ2v) is 6.62. The number of allylic oxidation sites excluding steroid dienone is 2. The molecule has 0 saturated heterocycles. The zero-order valence-electron chi connectivity index (χ0n) is 14.0. The van der Waals surface area contributed by atoms with Crippen molar-refractivity contribution in [2.75, 3.05) is 5.32 Å². The fourth-order valence-electron chi connectivity index (χ4n) is 3.94. The second-order valence-electron chi connectivity index (χ2n) is 6.62. The van der Waals surface area contributed by atoms with Gasteiger partial charge in [0.15, 0.2) is 5.78 Å². The van der Waals surface area contributed by atoms with Crippen LogP contribution < -0.4 is 10.9 Å². The normalized spacial score (nSPS) is 19.1. The Morgan fingerprint density at radius 3 is 2.65 bits per heavy atom. The molecule has 1 atom stereocenters. The Labute approximate surface area is 149 Å². The summed E-state index contributed by atoms with van der Waals surface area (Å²) in [5.41, 5.74) is 2.64. The molecular weight excluding hydrogens is 330 g/mol. The molecule has 0 fully saturated rings. The molecule has 6 heteroatoms. The van der Waals surface area contributed by atoms with E-state index in [1.807, 2.05) is 36.4 Å². The van der Waals surface area contributed by atoms with Crippen molar-refractivity contribution >= 4 is 11.6 Å². The van der Waals surface area contributed by atoms with Crippen LogP contribution in [-0.2, 0) is 4.79 Å². The van der Waals surface area contributed by atoms with Crippen molar-refractivity contribution in [2.45, 2.75) is 25.2 Å². The van der Waals surface area contributed by atoms with Gasteiger partial charge in [-0.2, -0.15) is 0 Å². The lowest BCUT2D eigenvalue weighted by atomic mass is 9.79. The molecule has 0 unspecified atom stereocenters. The Balaban J connectivity index is 1.75. The molecule has 5 rings (SSSR count). The van der Waals surface area contributed by atoms with Gasteiger partial charge in [0.2, 0.25) is 0 Å². The van der Waals surface area contributed by atoms with Crippen LogP contribution in [0.4, 0.5) is 5.82 Å². The number of para-hydroxylation sites is 1. The highest BCUT2D eigenvalue weighted by atomic mass is 16.3. The number of rotatable bonds is 2. The number of furan rings is 1. The Bertz CT molecular complexity index is 1070. The van der Waals surface area contributed by atoms with Crippen molar-refractivity contribution < 1.29 is 9.21 Å². The van der Waals surface area contributed by atoms with Gasteiger partial charge in [-0.1, -0.05) is 18.2 Å². The third-order valence-corrected chi connectivity index (χ3v) is 5.08. The van der Waals surface area contributed by atoms with Crippen LogP contribution in [0.25, 0.3) is 5.69 Å². The highest BCUT2D eigenvalue weighted by Gasteiger charge is 2.40. The molecular formula is C20H17N3O3. The molecule has 3 heterocycles. The lowest BCUT2D eigenvalue weighted by molar-refractivity contribution is -0.116. The SMILES string of the molecule is O=C1CCCC2=C1[C@H](c1ccco1)c1c([nH]n(-c3ccccc3)c1=O)N2. The number of carbonyl (C=O) groups is 1. The van der Waals surface area contributed by atoms with Gasteiger partial charge in [0.1, 0.15) is 11.6 Å². The quantitative estimate of drug-likeness (QED) is 0.745. The van der Waals surface area contributed by atoms with Gasteiger partial charge < -0.3 is 9.73 Å². The zero-order valence-corrected chi connectivity index (χ0v) is 14.0. The van der Waals surface area contributed by atoms with Crippen LogP contribution in [0.2, 0.25) is 0 Å². The summed E-state index contributed by atoms with van der Waals surface area (Å²) in [5.74, 6) is 0.857. The Kier molecular flexibility index (Phi) is 3.25. The number of carbonyl (C=O) groups excluding carboxylic acids is 1. The van der Waals surface area contributed by atoms with Crippen LogP contribution in [0, 0.1) is 0 Å². The highest BCUT2D eigenvalue weighted by molar-refractivity contribution is 6.00. The van der Waals surface area contributed by atoms with Gasteiger partial charge in [-0.05, 0) is 37.1 Å². The van der Waals surface area contributed by atoms with E-state index >= 15 is 0 Å². The first-order chi connectivity index (χ1) is 12.7. The Morgan fingerprint density at radius 2 is 1.88 bits per heavy atom. The summed E-state index contributed by atoms with van der Waals surface area (Å²) in [4.78, 5) is 25.9. The van der Waals surface area contributed by atoms with E-state index in [2.05, 4.69) is 10.4 Å². The van der Waals surface area contributed by atoms with Crippen LogP contribution in [0.1, 0.15) is 36.5 Å². The molecule has 130 valence electrons. The van der Waals surface area contributed by atoms with Crippen molar-refractivity contribution in [3.63, 3.8) is 0 Å². The number of anilines is 1. The maximum Gasteiger partial charge on any atom is 0.277 e. The summed E-state index contributed by atoms with van der Waals surface area (Å²) < 4.78 is 7.13. The van der Waals surface area contributed by atoms with Gasteiger partial charge in [-0.3, -0.25) is 14.7 Å². The highest BCUT2D eigenvalue weighted by Crippen LogP contribution is 2.43. The molecule has 2 aliphatic rings. The maximum atomic E-state index is 13.2. The summed E-state index contributed by atoms with van der Waals surface area (Å²) in [5, 5.41) is 6.46. The van der Waals surface area contributed by atoms with Crippen molar-refractivity contribution in [1.82, 2.24) is 9.78 Å². The van der Waals surface area contributed by atoms with E-state index in [1.54, 1.807) is 12.3 Å². The number of aromatic nitrogens is 2. The first-order valence-corrected chi connectivity index (χ1v) is 8.71. The Hall–Kier alpha value is -3.28. The standard InChI is InChI=1S/C20H17N3O3/c24-14-9-4-8-13-16(14)17(15-10-5-11-26-15)18-19(21-13)22-23(20(18)25)12-6-2-1-3-7-12/h1-3,5-7,10-11,17,21-22H,4,8-9H2/t17-/m0/s1. The number of hydrogen-bond acceptors (Lipinski definition) is 4. The van der Waals surface area contributed by atoms with E-state index in [0.717, 1.165) is 24.2 Å². The number of nitrogens with one attached hydrogen (secondary N) is 2. The average molecular weight is 347 g/mol. The number of benzene rings is 1. The molecule has 2 aromatic heterocycles. The Morgan fingerprint density at radius 1 is 1.04 bits per heavy atom. The summed E-state index contributed by atoms with van der Waals surface area (Å²) in [6, 6.07) is 13.0. The molecule has 0 amide bonds. The number of hydrogen-bond donors (Lipinski definition) is 2. The molecule has 0 radical (unpaired) electrons. The van der Waals surface area contributed by atoms with E-state index < -0.39 is 5.92 Å². The number of ketones is 1. The van der Waals surface area contributed by atoms with Crippen LogP contribution in [-0.4, -0.2) is 15.6 Å². The lowest BCUT2D eigenvalue weighted by Gasteiger charge is -2.29.